The molecule has 1 amide bonds. The number of nitrogens with one attached hydrogen (secondary N) is 1. The predicted octanol–water partition coefficient (Wildman–Crippen LogP) is 3.92. The van der Waals surface area contributed by atoms with E-state index >= 15 is 0 Å². The van der Waals surface area contributed by atoms with Crippen LogP contribution in [0.15, 0.2) is 77.7 Å². The Balaban J connectivity index is 1.44. The highest BCUT2D eigenvalue weighted by Gasteiger charge is 2.25. The molecule has 0 aromatic heterocycles. The molecule has 6 nitrogen and oxygen atoms in total. The van der Waals surface area contributed by atoms with Crippen LogP contribution in [0, 0.1) is 5.82 Å². The van der Waals surface area contributed by atoms with Gasteiger partial charge in [0.05, 0.1) is 5.02 Å². The summed E-state index contributed by atoms with van der Waals surface area (Å²) in [7, 11) is -3.92. The number of rotatable bonds is 6. The lowest BCUT2D eigenvalue weighted by Crippen LogP contribution is -2.48. The van der Waals surface area contributed by atoms with Crippen molar-refractivity contribution in [3.63, 3.8) is 0 Å². The maximum Gasteiger partial charge on any atom is 0.254 e. The van der Waals surface area contributed by atoms with E-state index in [2.05, 4.69) is 9.62 Å². The predicted molar refractivity (Wildman–Crippen MR) is 126 cm³/mol. The molecule has 1 aliphatic rings. The van der Waals surface area contributed by atoms with Crippen LogP contribution in [0.5, 0.6) is 0 Å². The Morgan fingerprint density at radius 2 is 1.61 bits per heavy atom. The van der Waals surface area contributed by atoms with Crippen molar-refractivity contribution in [1.29, 1.82) is 0 Å². The van der Waals surface area contributed by atoms with Crippen molar-refractivity contribution in [2.45, 2.75) is 11.4 Å². The molecule has 9 heteroatoms. The number of benzene rings is 3. The first-order valence-corrected chi connectivity index (χ1v) is 12.3. The molecule has 0 aliphatic carbocycles. The van der Waals surface area contributed by atoms with Gasteiger partial charge in [0.2, 0.25) is 10.0 Å². The molecule has 1 aliphatic heterocycles. The quantitative estimate of drug-likeness (QED) is 0.572. The van der Waals surface area contributed by atoms with Gasteiger partial charge in [0.15, 0.2) is 0 Å². The van der Waals surface area contributed by atoms with E-state index in [-0.39, 0.29) is 33.8 Å². The zero-order valence-electron chi connectivity index (χ0n) is 17.7. The summed E-state index contributed by atoms with van der Waals surface area (Å²) in [6.07, 6.45) is 0. The number of hydrogen-bond donors (Lipinski definition) is 1. The molecule has 0 spiro atoms. The molecular formula is C24H23ClFN3O3S. The smallest absolute Gasteiger partial charge is 0.254 e. The largest absolute Gasteiger partial charge is 0.368 e. The second-order valence-electron chi connectivity index (χ2n) is 7.71. The molecule has 172 valence electrons. The van der Waals surface area contributed by atoms with Crippen molar-refractivity contribution in [3.05, 3.63) is 94.8 Å². The number of sulfonamides is 1. The number of carbonyl (C=O) groups is 1. The van der Waals surface area contributed by atoms with E-state index in [4.69, 9.17) is 11.6 Å². The van der Waals surface area contributed by atoms with Crippen LogP contribution in [0.2, 0.25) is 5.02 Å². The maximum atomic E-state index is 13.2. The van der Waals surface area contributed by atoms with Gasteiger partial charge < -0.3 is 9.80 Å². The normalized spacial score (nSPS) is 14.4. The van der Waals surface area contributed by atoms with Gasteiger partial charge in [-0.1, -0.05) is 41.9 Å². The third kappa shape index (κ3) is 5.52. The van der Waals surface area contributed by atoms with Crippen LogP contribution in [0.4, 0.5) is 10.1 Å². The van der Waals surface area contributed by atoms with Gasteiger partial charge in [-0.25, -0.2) is 17.5 Å². The fraction of sp³-hybridized carbons (Fsp3) is 0.208. The van der Waals surface area contributed by atoms with Gasteiger partial charge in [0.1, 0.15) is 10.7 Å². The summed E-state index contributed by atoms with van der Waals surface area (Å²) in [6, 6.07) is 19.7. The molecule has 33 heavy (non-hydrogen) atoms. The third-order valence-corrected chi connectivity index (χ3v) is 7.42. The molecule has 0 unspecified atom stereocenters. The molecular weight excluding hydrogens is 465 g/mol. The molecule has 1 fully saturated rings. The van der Waals surface area contributed by atoms with E-state index in [1.54, 1.807) is 17.0 Å². The van der Waals surface area contributed by atoms with Crippen molar-refractivity contribution in [3.8, 4) is 0 Å². The van der Waals surface area contributed by atoms with E-state index in [0.717, 1.165) is 11.3 Å². The number of anilines is 1. The molecule has 3 aromatic carbocycles. The lowest BCUT2D eigenvalue weighted by atomic mass is 10.1. The molecule has 4 rings (SSSR count). The van der Waals surface area contributed by atoms with E-state index in [9.17, 15) is 17.6 Å². The van der Waals surface area contributed by atoms with Gasteiger partial charge in [-0.15, -0.1) is 0 Å². The van der Waals surface area contributed by atoms with Gasteiger partial charge in [0.25, 0.3) is 5.91 Å². The molecule has 0 radical (unpaired) electrons. The Bertz CT molecular complexity index is 1230. The molecule has 3 aromatic rings. The van der Waals surface area contributed by atoms with Crippen molar-refractivity contribution in [2.24, 2.45) is 0 Å². The monoisotopic (exact) mass is 487 g/mol. The Labute approximate surface area is 197 Å². The minimum atomic E-state index is -3.92. The van der Waals surface area contributed by atoms with Crippen LogP contribution in [-0.4, -0.2) is 45.4 Å². The summed E-state index contributed by atoms with van der Waals surface area (Å²) >= 11 is 6.17. The van der Waals surface area contributed by atoms with E-state index in [0.29, 0.717) is 26.2 Å². The number of nitrogens with zero attached hydrogens (tertiary/aromatic N) is 2. The highest BCUT2D eigenvalue weighted by atomic mass is 35.5. The average Bonchev–Trinajstić information content (AvgIpc) is 2.84. The highest BCUT2D eigenvalue weighted by molar-refractivity contribution is 7.89. The van der Waals surface area contributed by atoms with Crippen LogP contribution >= 0.6 is 11.6 Å². The van der Waals surface area contributed by atoms with E-state index in [1.165, 1.54) is 30.3 Å². The van der Waals surface area contributed by atoms with Crippen LogP contribution in [0.1, 0.15) is 15.9 Å². The summed E-state index contributed by atoms with van der Waals surface area (Å²) in [4.78, 5) is 16.7. The fourth-order valence-electron chi connectivity index (χ4n) is 3.70. The summed E-state index contributed by atoms with van der Waals surface area (Å²) in [5.41, 5.74) is 1.96. The molecule has 1 heterocycles. The number of amides is 1. The Morgan fingerprint density at radius 1 is 0.939 bits per heavy atom. The Kier molecular flexibility index (Phi) is 6.97. The van der Waals surface area contributed by atoms with Crippen LogP contribution in [-0.2, 0) is 16.6 Å². The first kappa shape index (κ1) is 23.2. The zero-order chi connectivity index (χ0) is 23.4. The zero-order valence-corrected chi connectivity index (χ0v) is 19.3. The summed E-state index contributed by atoms with van der Waals surface area (Å²) in [5, 5.41) is 0.0493. The van der Waals surface area contributed by atoms with Crippen molar-refractivity contribution in [1.82, 2.24) is 9.62 Å². The SMILES string of the molecule is O=C(c1ccc(Cl)c(S(=O)(=O)NCc2ccccc2)c1)N1CCN(c2ccc(F)cc2)CC1. The lowest BCUT2D eigenvalue weighted by Gasteiger charge is -2.36. The first-order chi connectivity index (χ1) is 15.8. The standard InChI is InChI=1S/C24H23ClFN3O3S/c25-22-11-6-19(16-23(22)33(31,32)27-17-18-4-2-1-3-5-18)24(30)29-14-12-28(13-15-29)21-9-7-20(26)8-10-21/h1-11,16,27H,12-15,17H2. The lowest BCUT2D eigenvalue weighted by molar-refractivity contribution is 0.0746. The number of hydrogen-bond acceptors (Lipinski definition) is 4. The summed E-state index contributed by atoms with van der Waals surface area (Å²) in [6.45, 7) is 2.23. The van der Waals surface area contributed by atoms with Gasteiger partial charge >= 0.3 is 0 Å². The van der Waals surface area contributed by atoms with E-state index in [1.807, 2.05) is 30.3 Å². The topological polar surface area (TPSA) is 69.7 Å². The molecule has 0 saturated carbocycles. The van der Waals surface area contributed by atoms with Gasteiger partial charge in [-0.05, 0) is 48.0 Å². The maximum absolute atomic E-state index is 13.2. The number of piperazine rings is 1. The molecule has 1 saturated heterocycles. The van der Waals surface area contributed by atoms with Gasteiger partial charge in [-0.3, -0.25) is 4.79 Å². The third-order valence-electron chi connectivity index (χ3n) is 5.54. The molecule has 0 atom stereocenters. The average molecular weight is 488 g/mol. The highest BCUT2D eigenvalue weighted by Crippen LogP contribution is 2.24. The second kappa shape index (κ2) is 9.91. The Hall–Kier alpha value is -2.94. The first-order valence-electron chi connectivity index (χ1n) is 10.5. The van der Waals surface area contributed by atoms with Crippen molar-refractivity contribution >= 4 is 33.2 Å². The van der Waals surface area contributed by atoms with E-state index < -0.39 is 10.0 Å². The van der Waals surface area contributed by atoms with Gasteiger partial charge in [0, 0.05) is 44.0 Å². The minimum absolute atomic E-state index is 0.0493. The van der Waals surface area contributed by atoms with Crippen LogP contribution in [0.3, 0.4) is 0 Å². The Morgan fingerprint density at radius 3 is 2.27 bits per heavy atom. The van der Waals surface area contributed by atoms with Gasteiger partial charge in [-0.2, -0.15) is 0 Å². The molecule has 1 N–H and O–H groups in total. The van der Waals surface area contributed by atoms with Crippen LogP contribution < -0.4 is 9.62 Å². The van der Waals surface area contributed by atoms with Crippen molar-refractivity contribution < 1.29 is 17.6 Å². The second-order valence-corrected chi connectivity index (χ2v) is 9.85. The number of halogens is 2. The number of carbonyl (C=O) groups excluding carboxylic acids is 1. The summed E-state index contributed by atoms with van der Waals surface area (Å²) < 4.78 is 41.4. The van der Waals surface area contributed by atoms with Crippen LogP contribution in [0.25, 0.3) is 0 Å². The molecule has 0 bridgehead atoms. The minimum Gasteiger partial charge on any atom is -0.368 e. The van der Waals surface area contributed by atoms with Crippen molar-refractivity contribution in [2.75, 3.05) is 31.1 Å². The fourth-order valence-corrected chi connectivity index (χ4v) is 5.24. The summed E-state index contributed by atoms with van der Waals surface area (Å²) in [5.74, 6) is -0.552.